The van der Waals surface area contributed by atoms with Crippen LogP contribution in [0.3, 0.4) is 0 Å². The lowest BCUT2D eigenvalue weighted by molar-refractivity contribution is 0.407. The zero-order valence-corrected chi connectivity index (χ0v) is 9.68. The summed E-state index contributed by atoms with van der Waals surface area (Å²) in [5, 5.41) is 9.43. The van der Waals surface area contributed by atoms with Crippen molar-refractivity contribution in [2.75, 3.05) is 7.11 Å². The number of phenols is 1. The van der Waals surface area contributed by atoms with Crippen molar-refractivity contribution in [2.45, 2.75) is 6.92 Å². The van der Waals surface area contributed by atoms with E-state index in [1.807, 2.05) is 13.0 Å². The number of methoxy groups -OCH3 is 1. The highest BCUT2D eigenvalue weighted by Gasteiger charge is 2.02. The SMILES string of the molecule is COc1ccc(Oc2cc(C)cc(O)c2)nc1. The smallest absolute Gasteiger partial charge is 0.219 e. The zero-order chi connectivity index (χ0) is 12.3. The quantitative estimate of drug-likeness (QED) is 0.882. The molecule has 2 aromatic rings. The molecule has 1 aromatic carbocycles. The van der Waals surface area contributed by atoms with E-state index in [2.05, 4.69) is 4.98 Å². The average molecular weight is 231 g/mol. The van der Waals surface area contributed by atoms with Gasteiger partial charge in [-0.2, -0.15) is 0 Å². The Morgan fingerprint density at radius 1 is 1.12 bits per heavy atom. The van der Waals surface area contributed by atoms with E-state index in [-0.39, 0.29) is 5.75 Å². The van der Waals surface area contributed by atoms with E-state index in [9.17, 15) is 5.11 Å². The van der Waals surface area contributed by atoms with Gasteiger partial charge in [0.2, 0.25) is 5.88 Å². The second-order valence-corrected chi connectivity index (χ2v) is 3.64. The van der Waals surface area contributed by atoms with E-state index < -0.39 is 0 Å². The van der Waals surface area contributed by atoms with Crippen molar-refractivity contribution in [1.82, 2.24) is 4.98 Å². The predicted molar refractivity (Wildman–Crippen MR) is 63.7 cm³/mol. The summed E-state index contributed by atoms with van der Waals surface area (Å²) in [6.45, 7) is 1.88. The molecule has 2 rings (SSSR count). The lowest BCUT2D eigenvalue weighted by Gasteiger charge is -2.06. The first-order valence-corrected chi connectivity index (χ1v) is 5.16. The summed E-state index contributed by atoms with van der Waals surface area (Å²) < 4.78 is 10.5. The summed E-state index contributed by atoms with van der Waals surface area (Å²) in [4.78, 5) is 4.08. The van der Waals surface area contributed by atoms with Gasteiger partial charge in [0, 0.05) is 12.1 Å². The number of aromatic hydroxyl groups is 1. The molecular weight excluding hydrogens is 218 g/mol. The Bertz CT molecular complexity index is 488. The molecule has 0 unspecified atom stereocenters. The van der Waals surface area contributed by atoms with Crippen molar-refractivity contribution in [1.29, 1.82) is 0 Å². The number of rotatable bonds is 3. The molecule has 0 saturated carbocycles. The largest absolute Gasteiger partial charge is 0.508 e. The van der Waals surface area contributed by atoms with Crippen molar-refractivity contribution in [3.05, 3.63) is 42.1 Å². The second-order valence-electron chi connectivity index (χ2n) is 3.64. The van der Waals surface area contributed by atoms with Gasteiger partial charge in [-0.3, -0.25) is 0 Å². The molecule has 0 radical (unpaired) electrons. The normalized spacial score (nSPS) is 10.0. The number of ether oxygens (including phenoxy) is 2. The van der Waals surface area contributed by atoms with Crippen LogP contribution >= 0.6 is 0 Å². The molecule has 0 fully saturated rings. The number of benzene rings is 1. The number of pyridine rings is 1. The van der Waals surface area contributed by atoms with Gasteiger partial charge in [-0.25, -0.2) is 4.98 Å². The molecule has 0 saturated heterocycles. The molecule has 0 aliphatic carbocycles. The maximum absolute atomic E-state index is 9.43. The Morgan fingerprint density at radius 3 is 2.53 bits per heavy atom. The third-order valence-corrected chi connectivity index (χ3v) is 2.20. The first kappa shape index (κ1) is 11.3. The lowest BCUT2D eigenvalue weighted by Crippen LogP contribution is -1.89. The van der Waals surface area contributed by atoms with Gasteiger partial charge in [-0.05, 0) is 30.7 Å². The van der Waals surface area contributed by atoms with E-state index in [0.29, 0.717) is 17.4 Å². The fourth-order valence-electron chi connectivity index (χ4n) is 1.46. The third kappa shape index (κ3) is 2.87. The predicted octanol–water partition coefficient (Wildman–Crippen LogP) is 2.90. The van der Waals surface area contributed by atoms with Crippen LogP contribution in [0.4, 0.5) is 0 Å². The summed E-state index contributed by atoms with van der Waals surface area (Å²) in [7, 11) is 1.58. The van der Waals surface area contributed by atoms with E-state index in [1.54, 1.807) is 37.6 Å². The topological polar surface area (TPSA) is 51.6 Å². The van der Waals surface area contributed by atoms with Crippen molar-refractivity contribution in [3.63, 3.8) is 0 Å². The maximum atomic E-state index is 9.43. The fraction of sp³-hybridized carbons (Fsp3) is 0.154. The summed E-state index contributed by atoms with van der Waals surface area (Å²) in [5.41, 5.74) is 0.925. The average Bonchev–Trinajstić information content (AvgIpc) is 2.28. The van der Waals surface area contributed by atoms with Crippen LogP contribution in [0.1, 0.15) is 5.56 Å². The minimum absolute atomic E-state index is 0.175. The number of nitrogens with zero attached hydrogens (tertiary/aromatic N) is 1. The molecule has 1 aromatic heterocycles. The summed E-state index contributed by atoms with van der Waals surface area (Å²) >= 11 is 0. The van der Waals surface area contributed by atoms with Crippen LogP contribution in [0.25, 0.3) is 0 Å². The van der Waals surface area contributed by atoms with Crippen LogP contribution in [0, 0.1) is 6.92 Å². The Hall–Kier alpha value is -2.23. The van der Waals surface area contributed by atoms with E-state index >= 15 is 0 Å². The second kappa shape index (κ2) is 4.74. The van der Waals surface area contributed by atoms with E-state index in [1.165, 1.54) is 0 Å². The van der Waals surface area contributed by atoms with Gasteiger partial charge in [0.1, 0.15) is 17.2 Å². The molecule has 1 N–H and O–H groups in total. The van der Waals surface area contributed by atoms with Crippen LogP contribution in [-0.2, 0) is 0 Å². The van der Waals surface area contributed by atoms with Crippen LogP contribution < -0.4 is 9.47 Å². The molecule has 88 valence electrons. The van der Waals surface area contributed by atoms with Crippen molar-refractivity contribution >= 4 is 0 Å². The highest BCUT2D eigenvalue weighted by Crippen LogP contribution is 2.26. The Morgan fingerprint density at radius 2 is 1.94 bits per heavy atom. The monoisotopic (exact) mass is 231 g/mol. The molecule has 0 aliphatic heterocycles. The van der Waals surface area contributed by atoms with Gasteiger partial charge in [0.25, 0.3) is 0 Å². The van der Waals surface area contributed by atoms with Crippen molar-refractivity contribution in [3.8, 4) is 23.1 Å². The first-order chi connectivity index (χ1) is 8.17. The lowest BCUT2D eigenvalue weighted by atomic mass is 10.2. The molecule has 1 heterocycles. The van der Waals surface area contributed by atoms with Crippen LogP contribution in [0.2, 0.25) is 0 Å². The van der Waals surface area contributed by atoms with Gasteiger partial charge in [0.15, 0.2) is 0 Å². The summed E-state index contributed by atoms with van der Waals surface area (Å²) in [5.74, 6) is 1.86. The fourth-order valence-corrected chi connectivity index (χ4v) is 1.46. The number of hydrogen-bond acceptors (Lipinski definition) is 4. The number of hydrogen-bond donors (Lipinski definition) is 1. The molecule has 17 heavy (non-hydrogen) atoms. The molecule has 0 aliphatic rings. The van der Waals surface area contributed by atoms with Crippen LogP contribution in [0.15, 0.2) is 36.5 Å². The highest BCUT2D eigenvalue weighted by atomic mass is 16.5. The molecule has 0 bridgehead atoms. The first-order valence-electron chi connectivity index (χ1n) is 5.16. The number of phenolic OH excluding ortho intramolecular Hbond substituents is 1. The Labute approximate surface area is 99.5 Å². The van der Waals surface area contributed by atoms with E-state index in [4.69, 9.17) is 9.47 Å². The summed E-state index contributed by atoms with van der Waals surface area (Å²) in [6.07, 6.45) is 1.57. The maximum Gasteiger partial charge on any atom is 0.219 e. The van der Waals surface area contributed by atoms with Crippen LogP contribution in [0.5, 0.6) is 23.1 Å². The number of aryl methyl sites for hydroxylation is 1. The van der Waals surface area contributed by atoms with Crippen molar-refractivity contribution in [2.24, 2.45) is 0 Å². The number of aromatic nitrogens is 1. The van der Waals surface area contributed by atoms with Gasteiger partial charge >= 0.3 is 0 Å². The zero-order valence-electron chi connectivity index (χ0n) is 9.68. The third-order valence-electron chi connectivity index (χ3n) is 2.20. The molecule has 0 amide bonds. The van der Waals surface area contributed by atoms with Crippen LogP contribution in [-0.4, -0.2) is 17.2 Å². The molecule has 4 nitrogen and oxygen atoms in total. The molecule has 4 heteroatoms. The van der Waals surface area contributed by atoms with E-state index in [0.717, 1.165) is 5.56 Å². The Balaban J connectivity index is 2.19. The van der Waals surface area contributed by atoms with Gasteiger partial charge in [-0.1, -0.05) is 0 Å². The Kier molecular flexibility index (Phi) is 3.14. The molecule has 0 spiro atoms. The minimum atomic E-state index is 0.175. The standard InChI is InChI=1S/C13H13NO3/c1-9-5-10(15)7-12(6-9)17-13-4-3-11(16-2)8-14-13/h3-8,15H,1-2H3. The minimum Gasteiger partial charge on any atom is -0.508 e. The van der Waals surface area contributed by atoms with Gasteiger partial charge < -0.3 is 14.6 Å². The van der Waals surface area contributed by atoms with Crippen molar-refractivity contribution < 1.29 is 14.6 Å². The highest BCUT2D eigenvalue weighted by molar-refractivity contribution is 5.38. The van der Waals surface area contributed by atoms with Gasteiger partial charge in [0.05, 0.1) is 13.3 Å². The van der Waals surface area contributed by atoms with Gasteiger partial charge in [-0.15, -0.1) is 0 Å². The summed E-state index contributed by atoms with van der Waals surface area (Å²) in [6, 6.07) is 8.50. The molecule has 0 atom stereocenters. The molecular formula is C13H13NO3.